The molecular formula is C12H15N3O3. The summed E-state index contributed by atoms with van der Waals surface area (Å²) in [6, 6.07) is 6.39. The molecule has 0 saturated carbocycles. The Morgan fingerprint density at radius 3 is 2.72 bits per heavy atom. The first-order valence-electron chi connectivity index (χ1n) is 5.55. The minimum absolute atomic E-state index is 0.315. The number of aromatic amines is 1. The van der Waals surface area contributed by atoms with E-state index in [0.717, 1.165) is 5.39 Å². The Hall–Kier alpha value is -2.05. The third kappa shape index (κ3) is 2.29. The Bertz CT molecular complexity index is 561. The number of nitrogens with one attached hydrogen (secondary N) is 2. The van der Waals surface area contributed by atoms with Crippen LogP contribution in [0.1, 0.15) is 10.5 Å². The average molecular weight is 249 g/mol. The van der Waals surface area contributed by atoms with E-state index in [1.54, 1.807) is 18.2 Å². The van der Waals surface area contributed by atoms with E-state index in [0.29, 0.717) is 16.9 Å². The smallest absolute Gasteiger partial charge is 0.268 e. The first kappa shape index (κ1) is 12.4. The van der Waals surface area contributed by atoms with Gasteiger partial charge in [-0.05, 0) is 12.1 Å². The maximum absolute atomic E-state index is 11.8. The van der Waals surface area contributed by atoms with Gasteiger partial charge in [0.05, 0.1) is 30.5 Å². The van der Waals surface area contributed by atoms with Crippen molar-refractivity contribution in [1.29, 1.82) is 0 Å². The Morgan fingerprint density at radius 1 is 1.39 bits per heavy atom. The van der Waals surface area contributed by atoms with Gasteiger partial charge in [-0.1, -0.05) is 12.1 Å². The summed E-state index contributed by atoms with van der Waals surface area (Å²) in [6.07, 6.45) is 0. The summed E-state index contributed by atoms with van der Waals surface area (Å²) in [5.41, 5.74) is 7.39. The molecule has 0 saturated heterocycles. The molecule has 2 rings (SSSR count). The van der Waals surface area contributed by atoms with Crippen molar-refractivity contribution in [2.75, 3.05) is 18.9 Å². The van der Waals surface area contributed by atoms with Crippen molar-refractivity contribution in [3.63, 3.8) is 0 Å². The normalized spacial score (nSPS) is 11.1. The molecule has 0 spiro atoms. The third-order valence-electron chi connectivity index (χ3n) is 2.71. The van der Waals surface area contributed by atoms with Crippen molar-refractivity contribution in [2.24, 2.45) is 0 Å². The fourth-order valence-corrected chi connectivity index (χ4v) is 1.71. The number of nitrogen functional groups attached to an aromatic ring is 1. The summed E-state index contributed by atoms with van der Waals surface area (Å²) in [7, 11) is 0. The van der Waals surface area contributed by atoms with Gasteiger partial charge in [0.25, 0.3) is 5.91 Å². The lowest BCUT2D eigenvalue weighted by Gasteiger charge is -2.12. The minimum Gasteiger partial charge on any atom is -0.397 e. The van der Waals surface area contributed by atoms with Crippen molar-refractivity contribution in [1.82, 2.24) is 10.3 Å². The molecule has 0 atom stereocenters. The summed E-state index contributed by atoms with van der Waals surface area (Å²) < 4.78 is 0. The highest BCUT2D eigenvalue weighted by atomic mass is 16.3. The third-order valence-corrected chi connectivity index (χ3v) is 2.71. The molecule has 0 aliphatic heterocycles. The van der Waals surface area contributed by atoms with E-state index in [2.05, 4.69) is 10.3 Å². The van der Waals surface area contributed by atoms with Crippen molar-refractivity contribution >= 4 is 22.5 Å². The number of aromatic nitrogens is 1. The number of aliphatic hydroxyl groups is 2. The fraction of sp³-hybridized carbons (Fsp3) is 0.250. The molecule has 0 fully saturated rings. The molecule has 2 aromatic rings. The number of para-hydroxylation sites is 1. The summed E-state index contributed by atoms with van der Waals surface area (Å²) in [5.74, 6) is -0.390. The van der Waals surface area contributed by atoms with Crippen LogP contribution in [0.5, 0.6) is 0 Å². The number of H-pyrrole nitrogens is 1. The molecule has 0 unspecified atom stereocenters. The molecule has 0 aliphatic carbocycles. The van der Waals surface area contributed by atoms with Gasteiger partial charge in [-0.25, -0.2) is 0 Å². The lowest BCUT2D eigenvalue weighted by Crippen LogP contribution is -2.40. The van der Waals surface area contributed by atoms with Crippen LogP contribution in [0.25, 0.3) is 10.9 Å². The lowest BCUT2D eigenvalue weighted by molar-refractivity contribution is 0.0875. The van der Waals surface area contributed by atoms with Crippen LogP contribution in [0.2, 0.25) is 0 Å². The summed E-state index contributed by atoms with van der Waals surface area (Å²) >= 11 is 0. The minimum atomic E-state index is -0.666. The summed E-state index contributed by atoms with van der Waals surface area (Å²) in [4.78, 5) is 14.8. The number of carbonyl (C=O) groups is 1. The van der Waals surface area contributed by atoms with Crippen molar-refractivity contribution in [2.45, 2.75) is 6.04 Å². The van der Waals surface area contributed by atoms with Gasteiger partial charge in [0.2, 0.25) is 0 Å². The zero-order valence-electron chi connectivity index (χ0n) is 9.68. The van der Waals surface area contributed by atoms with Gasteiger partial charge in [-0.2, -0.15) is 0 Å². The molecule has 0 bridgehead atoms. The Morgan fingerprint density at radius 2 is 2.11 bits per heavy atom. The summed E-state index contributed by atoms with van der Waals surface area (Å²) in [6.45, 7) is -0.630. The molecule has 18 heavy (non-hydrogen) atoms. The Balaban J connectivity index is 2.26. The van der Waals surface area contributed by atoms with Crippen LogP contribution in [0.3, 0.4) is 0 Å². The predicted octanol–water partition coefficient (Wildman–Crippen LogP) is -0.167. The highest BCUT2D eigenvalue weighted by Gasteiger charge is 2.14. The largest absolute Gasteiger partial charge is 0.397 e. The van der Waals surface area contributed by atoms with Gasteiger partial charge in [-0.15, -0.1) is 0 Å². The number of fused-ring (bicyclic) bond motifs is 1. The maximum atomic E-state index is 11.8. The first-order valence-corrected chi connectivity index (χ1v) is 5.55. The molecule has 0 aliphatic rings. The van der Waals surface area contributed by atoms with E-state index in [1.807, 2.05) is 6.07 Å². The standard InChI is InChI=1S/C12H15N3O3/c13-9-3-1-2-7-4-10(15-11(7)9)12(18)14-8(5-16)6-17/h1-4,8,15-17H,5-6,13H2,(H,14,18). The number of hydrogen-bond acceptors (Lipinski definition) is 4. The second kappa shape index (κ2) is 5.07. The number of nitrogens with two attached hydrogens (primary N) is 1. The van der Waals surface area contributed by atoms with Gasteiger partial charge in [0.15, 0.2) is 0 Å². The maximum Gasteiger partial charge on any atom is 0.268 e. The number of carbonyl (C=O) groups excluding carboxylic acids is 1. The number of benzene rings is 1. The number of anilines is 1. The summed E-state index contributed by atoms with van der Waals surface area (Å²) in [5, 5.41) is 21.1. The van der Waals surface area contributed by atoms with Gasteiger partial charge in [-0.3, -0.25) is 4.79 Å². The predicted molar refractivity (Wildman–Crippen MR) is 68.1 cm³/mol. The second-order valence-corrected chi connectivity index (χ2v) is 4.03. The van der Waals surface area contributed by atoms with Gasteiger partial charge in [0, 0.05) is 5.39 Å². The van der Waals surface area contributed by atoms with Crippen LogP contribution in [0, 0.1) is 0 Å². The number of hydrogen-bond donors (Lipinski definition) is 5. The van der Waals surface area contributed by atoms with Gasteiger partial charge < -0.3 is 26.2 Å². The number of rotatable bonds is 4. The molecule has 1 aromatic carbocycles. The van der Waals surface area contributed by atoms with E-state index in [-0.39, 0.29) is 13.2 Å². The molecule has 1 amide bonds. The van der Waals surface area contributed by atoms with Crippen LogP contribution in [0.15, 0.2) is 24.3 Å². The SMILES string of the molecule is Nc1cccc2cc(C(=O)NC(CO)CO)[nH]c12. The molecule has 96 valence electrons. The van der Waals surface area contributed by atoms with E-state index in [1.165, 1.54) is 0 Å². The van der Waals surface area contributed by atoms with Crippen LogP contribution >= 0.6 is 0 Å². The second-order valence-electron chi connectivity index (χ2n) is 4.03. The van der Waals surface area contributed by atoms with E-state index < -0.39 is 11.9 Å². The fourth-order valence-electron chi connectivity index (χ4n) is 1.71. The van der Waals surface area contributed by atoms with Crippen molar-refractivity contribution in [3.05, 3.63) is 30.0 Å². The lowest BCUT2D eigenvalue weighted by atomic mass is 10.2. The van der Waals surface area contributed by atoms with Crippen LogP contribution in [-0.4, -0.2) is 40.4 Å². The van der Waals surface area contributed by atoms with Crippen molar-refractivity contribution in [3.8, 4) is 0 Å². The molecule has 0 radical (unpaired) electrons. The topological polar surface area (TPSA) is 111 Å². The molecule has 1 heterocycles. The zero-order chi connectivity index (χ0) is 13.1. The van der Waals surface area contributed by atoms with E-state index in [4.69, 9.17) is 15.9 Å². The molecular weight excluding hydrogens is 234 g/mol. The molecule has 1 aromatic heterocycles. The average Bonchev–Trinajstić information content (AvgIpc) is 2.81. The highest BCUT2D eigenvalue weighted by molar-refractivity contribution is 6.00. The molecule has 6 N–H and O–H groups in total. The van der Waals surface area contributed by atoms with Gasteiger partial charge >= 0.3 is 0 Å². The van der Waals surface area contributed by atoms with E-state index >= 15 is 0 Å². The number of aliphatic hydroxyl groups excluding tert-OH is 2. The first-order chi connectivity index (χ1) is 8.65. The van der Waals surface area contributed by atoms with Crippen molar-refractivity contribution < 1.29 is 15.0 Å². The van der Waals surface area contributed by atoms with Gasteiger partial charge in [0.1, 0.15) is 5.69 Å². The van der Waals surface area contributed by atoms with Crippen LogP contribution in [-0.2, 0) is 0 Å². The monoisotopic (exact) mass is 249 g/mol. The zero-order valence-corrected chi connectivity index (χ0v) is 9.68. The van der Waals surface area contributed by atoms with Crippen LogP contribution < -0.4 is 11.1 Å². The molecule has 6 nitrogen and oxygen atoms in total. The Kier molecular flexibility index (Phi) is 3.50. The highest BCUT2D eigenvalue weighted by Crippen LogP contribution is 2.20. The number of amides is 1. The van der Waals surface area contributed by atoms with Crippen LogP contribution in [0.4, 0.5) is 5.69 Å². The quantitative estimate of drug-likeness (QED) is 0.484. The molecule has 6 heteroatoms. The van der Waals surface area contributed by atoms with E-state index in [9.17, 15) is 4.79 Å². The Labute approximate surface area is 103 Å².